The van der Waals surface area contributed by atoms with Gasteiger partial charge in [0, 0.05) is 0 Å². The molecule has 0 fully saturated rings. The third-order valence-electron chi connectivity index (χ3n) is 1.99. The minimum absolute atomic E-state index is 1.16. The van der Waals surface area contributed by atoms with Gasteiger partial charge in [0.15, 0.2) is 0 Å². The molecule has 0 aliphatic carbocycles. The van der Waals surface area contributed by atoms with Gasteiger partial charge < -0.3 is 0 Å². The molecule has 0 heterocycles. The van der Waals surface area contributed by atoms with Crippen LogP contribution in [-0.4, -0.2) is 0 Å². The van der Waals surface area contributed by atoms with E-state index in [1.807, 2.05) is 37.3 Å². The molecule has 0 heteroatoms. The van der Waals surface area contributed by atoms with Crippen molar-refractivity contribution in [2.45, 2.75) is 46.0 Å². The molecule has 0 aliphatic heterocycles. The molecule has 0 saturated heterocycles. The van der Waals surface area contributed by atoms with Gasteiger partial charge >= 0.3 is 0 Å². The standard InChI is InChI=1S/C15H22/c1-3-5-7-9-11-13-15-14-12-10-8-6-4-2/h3,5,7,9,14-15H,4,6,8,10,12H2,1-2H3. The highest BCUT2D eigenvalue weighted by atomic mass is 13.9. The molecule has 15 heavy (non-hydrogen) atoms. The van der Waals surface area contributed by atoms with Crippen LogP contribution in [0.25, 0.3) is 0 Å². The van der Waals surface area contributed by atoms with Gasteiger partial charge in [0.2, 0.25) is 0 Å². The van der Waals surface area contributed by atoms with Crippen LogP contribution in [0.4, 0.5) is 0 Å². The predicted molar refractivity (Wildman–Crippen MR) is 69.6 cm³/mol. The molecule has 0 radical (unpaired) electrons. The van der Waals surface area contributed by atoms with E-state index in [0.29, 0.717) is 0 Å². The van der Waals surface area contributed by atoms with Crippen molar-refractivity contribution in [1.82, 2.24) is 0 Å². The monoisotopic (exact) mass is 202 g/mol. The van der Waals surface area contributed by atoms with Crippen molar-refractivity contribution in [3.8, 4) is 11.8 Å². The third kappa shape index (κ3) is 12.8. The second-order valence-corrected chi connectivity index (χ2v) is 3.43. The molecule has 0 atom stereocenters. The average Bonchev–Trinajstić information content (AvgIpc) is 2.26. The van der Waals surface area contributed by atoms with Crippen LogP contribution in [0.5, 0.6) is 0 Å². The molecule has 0 bridgehead atoms. The zero-order valence-corrected chi connectivity index (χ0v) is 10.00. The molecular weight excluding hydrogens is 180 g/mol. The van der Waals surface area contributed by atoms with Crippen molar-refractivity contribution < 1.29 is 0 Å². The summed E-state index contributed by atoms with van der Waals surface area (Å²) >= 11 is 0. The molecule has 0 amide bonds. The van der Waals surface area contributed by atoms with E-state index >= 15 is 0 Å². The lowest BCUT2D eigenvalue weighted by molar-refractivity contribution is 0.674. The molecule has 82 valence electrons. The molecule has 0 aromatic rings. The highest BCUT2D eigenvalue weighted by Crippen LogP contribution is 2.02. The summed E-state index contributed by atoms with van der Waals surface area (Å²) in [6.07, 6.45) is 18.3. The Labute approximate surface area is 94.8 Å². The zero-order valence-electron chi connectivity index (χ0n) is 10.00. The van der Waals surface area contributed by atoms with Gasteiger partial charge in [0.1, 0.15) is 0 Å². The largest absolute Gasteiger partial charge is 0.0876 e. The van der Waals surface area contributed by atoms with Crippen LogP contribution in [0.3, 0.4) is 0 Å². The smallest absolute Gasteiger partial charge is 0.0115 e. The highest BCUT2D eigenvalue weighted by molar-refractivity contribution is 5.25. The second kappa shape index (κ2) is 12.8. The summed E-state index contributed by atoms with van der Waals surface area (Å²) in [7, 11) is 0. The molecule has 0 spiro atoms. The van der Waals surface area contributed by atoms with E-state index < -0.39 is 0 Å². The Morgan fingerprint density at radius 3 is 2.47 bits per heavy atom. The summed E-state index contributed by atoms with van der Waals surface area (Å²) in [6, 6.07) is 0. The zero-order chi connectivity index (χ0) is 11.2. The fourth-order valence-electron chi connectivity index (χ4n) is 1.14. The van der Waals surface area contributed by atoms with E-state index in [1.165, 1.54) is 25.7 Å². The van der Waals surface area contributed by atoms with Crippen LogP contribution in [0.15, 0.2) is 36.5 Å². The molecule has 0 saturated carbocycles. The van der Waals surface area contributed by atoms with E-state index in [1.54, 1.807) is 0 Å². The minimum atomic E-state index is 1.16. The van der Waals surface area contributed by atoms with E-state index in [9.17, 15) is 0 Å². The Balaban J connectivity index is 3.44. The Bertz CT molecular complexity index is 255. The van der Waals surface area contributed by atoms with Gasteiger partial charge in [-0.15, -0.1) is 0 Å². The fourth-order valence-corrected chi connectivity index (χ4v) is 1.14. The van der Waals surface area contributed by atoms with Crippen LogP contribution in [-0.2, 0) is 0 Å². The van der Waals surface area contributed by atoms with Gasteiger partial charge in [0.05, 0.1) is 0 Å². The Hall–Kier alpha value is -1.22. The molecule has 0 nitrogen and oxygen atoms in total. The minimum Gasteiger partial charge on any atom is -0.0876 e. The summed E-state index contributed by atoms with van der Waals surface area (Å²) < 4.78 is 0. The molecule has 0 N–H and O–H groups in total. The number of allylic oxidation sites excluding steroid dienone is 6. The van der Waals surface area contributed by atoms with Gasteiger partial charge in [0.25, 0.3) is 0 Å². The quantitative estimate of drug-likeness (QED) is 0.334. The van der Waals surface area contributed by atoms with Gasteiger partial charge in [-0.05, 0) is 31.9 Å². The summed E-state index contributed by atoms with van der Waals surface area (Å²) in [5.41, 5.74) is 0. The lowest BCUT2D eigenvalue weighted by Crippen LogP contribution is -1.72. The molecule has 0 unspecified atom stereocenters. The van der Waals surface area contributed by atoms with E-state index in [0.717, 1.165) is 6.42 Å². The van der Waals surface area contributed by atoms with Crippen molar-refractivity contribution >= 4 is 0 Å². The Morgan fingerprint density at radius 2 is 1.73 bits per heavy atom. The Morgan fingerprint density at radius 1 is 0.933 bits per heavy atom. The first-order valence-electron chi connectivity index (χ1n) is 5.85. The first-order valence-corrected chi connectivity index (χ1v) is 5.85. The van der Waals surface area contributed by atoms with Crippen molar-refractivity contribution in [3.05, 3.63) is 36.5 Å². The van der Waals surface area contributed by atoms with E-state index in [-0.39, 0.29) is 0 Å². The van der Waals surface area contributed by atoms with Crippen molar-refractivity contribution in [3.63, 3.8) is 0 Å². The van der Waals surface area contributed by atoms with Crippen LogP contribution < -0.4 is 0 Å². The number of hydrogen-bond acceptors (Lipinski definition) is 0. The third-order valence-corrected chi connectivity index (χ3v) is 1.99. The molecular formula is C15H22. The summed E-state index contributed by atoms with van der Waals surface area (Å²) in [6.45, 7) is 4.23. The van der Waals surface area contributed by atoms with Crippen LogP contribution >= 0.6 is 0 Å². The van der Waals surface area contributed by atoms with Gasteiger partial charge in [-0.1, -0.05) is 62.3 Å². The SMILES string of the molecule is CC=CC=CC#CC=CCCCCCC. The van der Waals surface area contributed by atoms with Gasteiger partial charge in [-0.3, -0.25) is 0 Å². The molecule has 0 rings (SSSR count). The lowest BCUT2D eigenvalue weighted by atomic mass is 10.1. The van der Waals surface area contributed by atoms with Crippen molar-refractivity contribution in [2.75, 3.05) is 0 Å². The number of rotatable bonds is 6. The van der Waals surface area contributed by atoms with E-state index in [4.69, 9.17) is 0 Å². The fraction of sp³-hybridized carbons (Fsp3) is 0.467. The summed E-state index contributed by atoms with van der Waals surface area (Å²) in [5, 5.41) is 0. The van der Waals surface area contributed by atoms with Gasteiger partial charge in [-0.2, -0.15) is 0 Å². The maximum atomic E-state index is 2.98. The topological polar surface area (TPSA) is 0 Å². The summed E-state index contributed by atoms with van der Waals surface area (Å²) in [5.74, 6) is 5.94. The van der Waals surface area contributed by atoms with Crippen molar-refractivity contribution in [1.29, 1.82) is 0 Å². The highest BCUT2D eigenvalue weighted by Gasteiger charge is 1.82. The van der Waals surface area contributed by atoms with Crippen LogP contribution in [0.1, 0.15) is 46.0 Å². The average molecular weight is 202 g/mol. The maximum Gasteiger partial charge on any atom is -0.0115 e. The first kappa shape index (κ1) is 13.8. The molecule has 0 aliphatic rings. The summed E-state index contributed by atoms with van der Waals surface area (Å²) in [4.78, 5) is 0. The lowest BCUT2D eigenvalue weighted by Gasteiger charge is -1.92. The molecule has 0 aromatic carbocycles. The van der Waals surface area contributed by atoms with Crippen LogP contribution in [0, 0.1) is 11.8 Å². The van der Waals surface area contributed by atoms with E-state index in [2.05, 4.69) is 24.8 Å². The van der Waals surface area contributed by atoms with Crippen LogP contribution in [0.2, 0.25) is 0 Å². The normalized spacial score (nSPS) is 11.3. The van der Waals surface area contributed by atoms with Gasteiger partial charge in [-0.25, -0.2) is 0 Å². The predicted octanol–water partition coefficient (Wildman–Crippen LogP) is 4.65. The number of unbranched alkanes of at least 4 members (excludes halogenated alkanes) is 4. The molecule has 0 aromatic heterocycles. The number of hydrogen-bond donors (Lipinski definition) is 0. The second-order valence-electron chi connectivity index (χ2n) is 3.43. The first-order chi connectivity index (χ1) is 7.41. The van der Waals surface area contributed by atoms with Crippen molar-refractivity contribution in [2.24, 2.45) is 0 Å². The Kier molecular flexibility index (Phi) is 11.7. The maximum absolute atomic E-state index is 2.98.